The third-order valence-electron chi connectivity index (χ3n) is 4.46. The fourth-order valence-corrected chi connectivity index (χ4v) is 3.32. The Hall–Kier alpha value is -3.45. The number of amides is 1. The number of rotatable bonds is 5. The van der Waals surface area contributed by atoms with Gasteiger partial charge in [-0.2, -0.15) is 0 Å². The molecule has 29 heavy (non-hydrogen) atoms. The average Bonchev–Trinajstić information content (AvgIpc) is 2.99. The molecule has 0 fully saturated rings. The first-order valence-electron chi connectivity index (χ1n) is 8.86. The minimum absolute atomic E-state index is 0.171. The molecule has 0 atom stereocenters. The number of aromatic nitrogens is 3. The van der Waals surface area contributed by atoms with E-state index in [1.54, 1.807) is 36.5 Å². The van der Waals surface area contributed by atoms with E-state index in [0.717, 1.165) is 5.56 Å². The van der Waals surface area contributed by atoms with Gasteiger partial charge in [0.1, 0.15) is 12.4 Å². The van der Waals surface area contributed by atoms with Crippen LogP contribution in [0.3, 0.4) is 0 Å². The van der Waals surface area contributed by atoms with E-state index >= 15 is 0 Å². The lowest BCUT2D eigenvalue weighted by Crippen LogP contribution is -2.32. The van der Waals surface area contributed by atoms with E-state index in [2.05, 4.69) is 10.3 Å². The number of imidazole rings is 1. The fourth-order valence-electron chi connectivity index (χ4n) is 3.11. The van der Waals surface area contributed by atoms with Crippen LogP contribution >= 0.6 is 11.6 Å². The minimum atomic E-state index is -0.428. The molecule has 0 radical (unpaired) electrons. The molecule has 4 rings (SSSR count). The van der Waals surface area contributed by atoms with Crippen molar-refractivity contribution in [2.45, 2.75) is 13.1 Å². The van der Waals surface area contributed by atoms with Crippen LogP contribution in [0.1, 0.15) is 5.56 Å². The number of hydrogen-bond acceptors (Lipinski definition) is 3. The van der Waals surface area contributed by atoms with Crippen molar-refractivity contribution in [2.24, 2.45) is 0 Å². The maximum absolute atomic E-state index is 13.3. The van der Waals surface area contributed by atoms with Crippen LogP contribution in [0.15, 0.2) is 71.7 Å². The number of nitrogens with one attached hydrogen (secondary N) is 1. The van der Waals surface area contributed by atoms with Crippen molar-refractivity contribution in [3.05, 3.63) is 93.7 Å². The molecule has 1 amide bonds. The Kier molecular flexibility index (Phi) is 5.14. The van der Waals surface area contributed by atoms with Crippen LogP contribution in [0, 0.1) is 5.82 Å². The topological polar surface area (TPSA) is 68.9 Å². The summed E-state index contributed by atoms with van der Waals surface area (Å²) in [4.78, 5) is 29.8. The molecule has 0 aliphatic rings. The monoisotopic (exact) mass is 410 g/mol. The smallest absolute Gasteiger partial charge is 0.335 e. The van der Waals surface area contributed by atoms with Crippen molar-refractivity contribution < 1.29 is 9.18 Å². The zero-order chi connectivity index (χ0) is 20.4. The van der Waals surface area contributed by atoms with Crippen LogP contribution in [-0.4, -0.2) is 20.0 Å². The Bertz CT molecular complexity index is 1250. The molecule has 2 heterocycles. The second-order valence-electron chi connectivity index (χ2n) is 6.43. The summed E-state index contributed by atoms with van der Waals surface area (Å²) < 4.78 is 16.0. The molecule has 8 heteroatoms. The lowest BCUT2D eigenvalue weighted by atomic mass is 10.2. The Morgan fingerprint density at radius 1 is 1.10 bits per heavy atom. The summed E-state index contributed by atoms with van der Waals surface area (Å²) >= 11 is 5.96. The normalized spacial score (nSPS) is 11.0. The highest BCUT2D eigenvalue weighted by molar-refractivity contribution is 6.30. The van der Waals surface area contributed by atoms with Crippen molar-refractivity contribution in [1.82, 2.24) is 19.4 Å². The second kappa shape index (κ2) is 7.89. The second-order valence-corrected chi connectivity index (χ2v) is 6.87. The van der Waals surface area contributed by atoms with Gasteiger partial charge in [0.25, 0.3) is 0 Å². The van der Waals surface area contributed by atoms with Gasteiger partial charge in [0.2, 0.25) is 5.91 Å². The third-order valence-corrected chi connectivity index (χ3v) is 4.69. The molecule has 146 valence electrons. The van der Waals surface area contributed by atoms with Crippen molar-refractivity contribution in [3.63, 3.8) is 0 Å². The van der Waals surface area contributed by atoms with Gasteiger partial charge in [-0.05, 0) is 54.1 Å². The summed E-state index contributed by atoms with van der Waals surface area (Å²) in [6, 6.07) is 16.1. The molecular weight excluding hydrogens is 395 g/mol. The molecule has 0 aliphatic heterocycles. The lowest BCUT2D eigenvalue weighted by molar-refractivity contribution is -0.121. The molecule has 0 saturated carbocycles. The minimum Gasteiger partial charge on any atom is -0.350 e. The number of halogens is 2. The number of hydrogen-bond donors (Lipinski definition) is 1. The van der Waals surface area contributed by atoms with Crippen molar-refractivity contribution in [2.75, 3.05) is 0 Å². The molecule has 2 aromatic carbocycles. The predicted molar refractivity (Wildman–Crippen MR) is 109 cm³/mol. The Labute approximate surface area is 170 Å². The van der Waals surface area contributed by atoms with E-state index in [4.69, 9.17) is 11.6 Å². The number of nitrogens with zero attached hydrogens (tertiary/aromatic N) is 3. The van der Waals surface area contributed by atoms with E-state index in [1.165, 1.54) is 33.4 Å². The highest BCUT2D eigenvalue weighted by Gasteiger charge is 2.17. The summed E-state index contributed by atoms with van der Waals surface area (Å²) in [6.07, 6.45) is 1.56. The van der Waals surface area contributed by atoms with Crippen LogP contribution in [-0.2, 0) is 17.9 Å². The van der Waals surface area contributed by atoms with E-state index in [0.29, 0.717) is 28.4 Å². The maximum Gasteiger partial charge on any atom is 0.335 e. The summed E-state index contributed by atoms with van der Waals surface area (Å²) in [5.74, 6) is -0.729. The molecule has 1 N–H and O–H groups in total. The number of carbonyl (C=O) groups excluding carboxylic acids is 1. The maximum atomic E-state index is 13.3. The number of fused-ring (bicyclic) bond motifs is 1. The van der Waals surface area contributed by atoms with Crippen molar-refractivity contribution in [3.8, 4) is 5.69 Å². The predicted octanol–water partition coefficient (Wildman–Crippen LogP) is 3.30. The van der Waals surface area contributed by atoms with Gasteiger partial charge in [0.15, 0.2) is 5.65 Å². The zero-order valence-electron chi connectivity index (χ0n) is 15.2. The van der Waals surface area contributed by atoms with Gasteiger partial charge in [-0.3, -0.25) is 9.36 Å². The van der Waals surface area contributed by atoms with Crippen LogP contribution in [0.2, 0.25) is 5.02 Å². The van der Waals surface area contributed by atoms with E-state index < -0.39 is 11.5 Å². The highest BCUT2D eigenvalue weighted by Crippen LogP contribution is 2.16. The summed E-state index contributed by atoms with van der Waals surface area (Å²) in [5.41, 5.74) is 1.81. The molecule has 2 aromatic heterocycles. The average molecular weight is 411 g/mol. The SMILES string of the molecule is O=C(Cn1c(=O)n(-c2ccc(F)cc2)c2ncccc21)NCc1cccc(Cl)c1. The van der Waals surface area contributed by atoms with E-state index in [-0.39, 0.29) is 12.5 Å². The summed E-state index contributed by atoms with van der Waals surface area (Å²) in [7, 11) is 0. The van der Waals surface area contributed by atoms with Crippen LogP contribution in [0.4, 0.5) is 4.39 Å². The first-order valence-corrected chi connectivity index (χ1v) is 9.24. The number of pyridine rings is 1. The van der Waals surface area contributed by atoms with Crippen LogP contribution in [0.25, 0.3) is 16.9 Å². The fraction of sp³-hybridized carbons (Fsp3) is 0.0952. The zero-order valence-corrected chi connectivity index (χ0v) is 15.9. The van der Waals surface area contributed by atoms with Crippen LogP contribution in [0.5, 0.6) is 0 Å². The van der Waals surface area contributed by atoms with Gasteiger partial charge in [-0.1, -0.05) is 23.7 Å². The van der Waals surface area contributed by atoms with Gasteiger partial charge >= 0.3 is 5.69 Å². The van der Waals surface area contributed by atoms with Crippen molar-refractivity contribution in [1.29, 1.82) is 0 Å². The largest absolute Gasteiger partial charge is 0.350 e. The van der Waals surface area contributed by atoms with Gasteiger partial charge in [0, 0.05) is 17.8 Å². The van der Waals surface area contributed by atoms with Crippen LogP contribution < -0.4 is 11.0 Å². The van der Waals surface area contributed by atoms with E-state index in [9.17, 15) is 14.0 Å². The number of carbonyl (C=O) groups is 1. The quantitative estimate of drug-likeness (QED) is 0.549. The summed E-state index contributed by atoms with van der Waals surface area (Å²) in [6.45, 7) is 0.124. The van der Waals surface area contributed by atoms with Gasteiger partial charge < -0.3 is 5.32 Å². The first kappa shape index (κ1) is 18.9. The summed E-state index contributed by atoms with van der Waals surface area (Å²) in [5, 5.41) is 3.37. The Morgan fingerprint density at radius 2 is 1.90 bits per heavy atom. The Balaban J connectivity index is 1.64. The molecule has 0 spiro atoms. The van der Waals surface area contributed by atoms with Gasteiger partial charge in [-0.25, -0.2) is 18.7 Å². The third kappa shape index (κ3) is 3.90. The number of benzene rings is 2. The van der Waals surface area contributed by atoms with E-state index in [1.807, 2.05) is 6.07 Å². The molecular formula is C21H16ClFN4O2. The molecule has 0 unspecified atom stereocenters. The molecule has 0 bridgehead atoms. The van der Waals surface area contributed by atoms with Gasteiger partial charge in [-0.15, -0.1) is 0 Å². The molecule has 0 saturated heterocycles. The molecule has 4 aromatic rings. The lowest BCUT2D eigenvalue weighted by Gasteiger charge is -2.07. The molecule has 6 nitrogen and oxygen atoms in total. The van der Waals surface area contributed by atoms with Gasteiger partial charge in [0.05, 0.1) is 11.2 Å². The molecule has 0 aliphatic carbocycles. The van der Waals surface area contributed by atoms with Crippen molar-refractivity contribution >= 4 is 28.7 Å². The Morgan fingerprint density at radius 3 is 2.66 bits per heavy atom. The standard InChI is InChI=1S/C21H16ClFN4O2/c22-15-4-1-3-14(11-15)12-25-19(28)13-26-18-5-2-10-24-20(18)27(21(26)29)17-8-6-16(23)7-9-17/h1-11H,12-13H2,(H,25,28). The highest BCUT2D eigenvalue weighted by atomic mass is 35.5. The first-order chi connectivity index (χ1) is 14.0.